The standard InChI is InChI=1S/C18H27NO3/c1-4-21-16-10-14-9-13(2)22-17(14)11-15(16)12-19-7-5-18(3,20)6-8-19/h10-11,13,20H,4-9,12H2,1-3H3. The van der Waals surface area contributed by atoms with Crippen molar-refractivity contribution in [2.75, 3.05) is 19.7 Å². The summed E-state index contributed by atoms with van der Waals surface area (Å²) in [6.45, 7) is 9.44. The van der Waals surface area contributed by atoms with Crippen LogP contribution in [-0.4, -0.2) is 41.4 Å². The second-order valence-electron chi connectivity index (χ2n) is 6.91. The number of nitrogens with zero attached hydrogens (tertiary/aromatic N) is 1. The Morgan fingerprint density at radius 3 is 2.77 bits per heavy atom. The molecule has 0 saturated carbocycles. The number of aliphatic hydroxyl groups is 1. The first-order valence-electron chi connectivity index (χ1n) is 8.37. The molecule has 122 valence electrons. The van der Waals surface area contributed by atoms with Crippen molar-refractivity contribution in [3.8, 4) is 11.5 Å². The Bertz CT molecular complexity index is 531. The molecule has 22 heavy (non-hydrogen) atoms. The fourth-order valence-electron chi connectivity index (χ4n) is 3.33. The second-order valence-corrected chi connectivity index (χ2v) is 6.91. The van der Waals surface area contributed by atoms with E-state index in [9.17, 15) is 5.11 Å². The predicted molar refractivity (Wildman–Crippen MR) is 86.5 cm³/mol. The monoisotopic (exact) mass is 305 g/mol. The first-order valence-corrected chi connectivity index (χ1v) is 8.37. The molecule has 2 heterocycles. The van der Waals surface area contributed by atoms with Crippen molar-refractivity contribution < 1.29 is 14.6 Å². The normalized spacial score (nSPS) is 23.9. The van der Waals surface area contributed by atoms with Gasteiger partial charge in [-0.2, -0.15) is 0 Å². The van der Waals surface area contributed by atoms with Crippen LogP contribution in [0, 0.1) is 0 Å². The van der Waals surface area contributed by atoms with E-state index in [2.05, 4.69) is 24.0 Å². The van der Waals surface area contributed by atoms with E-state index >= 15 is 0 Å². The zero-order valence-electron chi connectivity index (χ0n) is 13.9. The van der Waals surface area contributed by atoms with Gasteiger partial charge in [0.05, 0.1) is 12.2 Å². The molecule has 0 amide bonds. The summed E-state index contributed by atoms with van der Waals surface area (Å²) in [6.07, 6.45) is 2.87. The van der Waals surface area contributed by atoms with E-state index < -0.39 is 5.60 Å². The van der Waals surface area contributed by atoms with Crippen LogP contribution in [0.5, 0.6) is 11.5 Å². The minimum atomic E-state index is -0.504. The quantitative estimate of drug-likeness (QED) is 0.929. The highest BCUT2D eigenvalue weighted by molar-refractivity contribution is 5.48. The number of ether oxygens (including phenoxy) is 2. The molecular weight excluding hydrogens is 278 g/mol. The average molecular weight is 305 g/mol. The molecule has 1 fully saturated rings. The van der Waals surface area contributed by atoms with Gasteiger partial charge < -0.3 is 14.6 Å². The Morgan fingerprint density at radius 1 is 1.36 bits per heavy atom. The Balaban J connectivity index is 1.76. The Hall–Kier alpha value is -1.26. The third-order valence-electron chi connectivity index (χ3n) is 4.71. The summed E-state index contributed by atoms with van der Waals surface area (Å²) >= 11 is 0. The highest BCUT2D eigenvalue weighted by atomic mass is 16.5. The lowest BCUT2D eigenvalue weighted by Gasteiger charge is -2.36. The van der Waals surface area contributed by atoms with Crippen LogP contribution in [0.1, 0.15) is 44.7 Å². The Labute approximate surface area is 133 Å². The van der Waals surface area contributed by atoms with E-state index in [1.165, 1.54) is 11.1 Å². The smallest absolute Gasteiger partial charge is 0.124 e. The van der Waals surface area contributed by atoms with E-state index in [-0.39, 0.29) is 6.10 Å². The molecule has 0 bridgehead atoms. The molecule has 2 aliphatic rings. The maximum Gasteiger partial charge on any atom is 0.124 e. The van der Waals surface area contributed by atoms with Gasteiger partial charge in [-0.05, 0) is 45.7 Å². The Morgan fingerprint density at radius 2 is 2.09 bits per heavy atom. The predicted octanol–water partition coefficient (Wildman–Crippen LogP) is 2.76. The summed E-state index contributed by atoms with van der Waals surface area (Å²) in [6, 6.07) is 4.30. The molecule has 1 aromatic rings. The molecule has 1 saturated heterocycles. The second kappa shape index (κ2) is 6.09. The lowest BCUT2D eigenvalue weighted by molar-refractivity contribution is -0.00745. The molecule has 4 nitrogen and oxygen atoms in total. The van der Waals surface area contributed by atoms with E-state index in [0.29, 0.717) is 6.61 Å². The fourth-order valence-corrected chi connectivity index (χ4v) is 3.33. The molecule has 0 spiro atoms. The number of hydrogen-bond acceptors (Lipinski definition) is 4. The molecule has 1 aromatic carbocycles. The van der Waals surface area contributed by atoms with Gasteiger partial charge >= 0.3 is 0 Å². The lowest BCUT2D eigenvalue weighted by atomic mass is 9.93. The van der Waals surface area contributed by atoms with Crippen LogP contribution >= 0.6 is 0 Å². The van der Waals surface area contributed by atoms with Crippen molar-refractivity contribution >= 4 is 0 Å². The van der Waals surface area contributed by atoms with Crippen LogP contribution in [0.2, 0.25) is 0 Å². The molecule has 0 aromatic heterocycles. The van der Waals surface area contributed by atoms with Crippen LogP contribution in [0.25, 0.3) is 0 Å². The van der Waals surface area contributed by atoms with Gasteiger partial charge in [-0.3, -0.25) is 4.90 Å². The largest absolute Gasteiger partial charge is 0.494 e. The van der Waals surface area contributed by atoms with Gasteiger partial charge in [0.1, 0.15) is 17.6 Å². The van der Waals surface area contributed by atoms with Gasteiger partial charge in [-0.15, -0.1) is 0 Å². The third-order valence-corrected chi connectivity index (χ3v) is 4.71. The van der Waals surface area contributed by atoms with Crippen molar-refractivity contribution in [3.05, 3.63) is 23.3 Å². The lowest BCUT2D eigenvalue weighted by Crippen LogP contribution is -2.42. The van der Waals surface area contributed by atoms with E-state index in [1.54, 1.807) is 0 Å². The summed E-state index contributed by atoms with van der Waals surface area (Å²) in [7, 11) is 0. The van der Waals surface area contributed by atoms with Gasteiger partial charge in [0, 0.05) is 37.2 Å². The van der Waals surface area contributed by atoms with Gasteiger partial charge in [-0.25, -0.2) is 0 Å². The van der Waals surface area contributed by atoms with Crippen molar-refractivity contribution in [1.29, 1.82) is 0 Å². The maximum absolute atomic E-state index is 10.1. The number of likely N-dealkylation sites (tertiary alicyclic amines) is 1. The number of benzene rings is 1. The number of piperidine rings is 1. The fraction of sp³-hybridized carbons (Fsp3) is 0.667. The minimum Gasteiger partial charge on any atom is -0.494 e. The van der Waals surface area contributed by atoms with Gasteiger partial charge in [0.15, 0.2) is 0 Å². The van der Waals surface area contributed by atoms with Crippen LogP contribution < -0.4 is 9.47 Å². The van der Waals surface area contributed by atoms with Crippen molar-refractivity contribution in [2.24, 2.45) is 0 Å². The van der Waals surface area contributed by atoms with Crippen LogP contribution in [0.4, 0.5) is 0 Å². The van der Waals surface area contributed by atoms with Crippen molar-refractivity contribution in [2.45, 2.75) is 58.3 Å². The van der Waals surface area contributed by atoms with Crippen LogP contribution in [0.3, 0.4) is 0 Å². The molecule has 1 N–H and O–H groups in total. The zero-order valence-corrected chi connectivity index (χ0v) is 13.9. The van der Waals surface area contributed by atoms with Gasteiger partial charge in [-0.1, -0.05) is 0 Å². The van der Waals surface area contributed by atoms with E-state index in [0.717, 1.165) is 50.4 Å². The summed E-state index contributed by atoms with van der Waals surface area (Å²) in [5, 5.41) is 10.1. The first-order chi connectivity index (χ1) is 10.5. The molecule has 2 aliphatic heterocycles. The van der Waals surface area contributed by atoms with Crippen molar-refractivity contribution in [3.63, 3.8) is 0 Å². The molecule has 3 rings (SSSR count). The molecular formula is C18H27NO3. The molecule has 1 unspecified atom stereocenters. The van der Waals surface area contributed by atoms with Crippen LogP contribution in [0.15, 0.2) is 12.1 Å². The highest BCUT2D eigenvalue weighted by Crippen LogP contribution is 2.36. The molecule has 0 radical (unpaired) electrons. The number of rotatable bonds is 4. The SMILES string of the molecule is CCOc1cc2c(cc1CN1CCC(C)(O)CC1)OC(C)C2. The third kappa shape index (κ3) is 3.39. The summed E-state index contributed by atoms with van der Waals surface area (Å²) in [4.78, 5) is 2.39. The number of hydrogen-bond donors (Lipinski definition) is 1. The molecule has 0 aliphatic carbocycles. The van der Waals surface area contributed by atoms with Crippen molar-refractivity contribution in [1.82, 2.24) is 4.90 Å². The summed E-state index contributed by atoms with van der Waals surface area (Å²) in [5.74, 6) is 1.99. The minimum absolute atomic E-state index is 0.254. The van der Waals surface area contributed by atoms with Gasteiger partial charge in [0.25, 0.3) is 0 Å². The molecule has 4 heteroatoms. The Kier molecular flexibility index (Phi) is 4.33. The van der Waals surface area contributed by atoms with Gasteiger partial charge in [0.2, 0.25) is 0 Å². The first kappa shape index (κ1) is 15.6. The topological polar surface area (TPSA) is 41.9 Å². The molecule has 1 atom stereocenters. The van der Waals surface area contributed by atoms with E-state index in [1.807, 2.05) is 13.8 Å². The summed E-state index contributed by atoms with van der Waals surface area (Å²) in [5.41, 5.74) is 1.94. The van der Waals surface area contributed by atoms with E-state index in [4.69, 9.17) is 9.47 Å². The number of fused-ring (bicyclic) bond motifs is 1. The average Bonchev–Trinajstić information content (AvgIpc) is 2.81. The zero-order chi connectivity index (χ0) is 15.7. The maximum atomic E-state index is 10.1. The van der Waals surface area contributed by atoms with Crippen LogP contribution in [-0.2, 0) is 13.0 Å². The highest BCUT2D eigenvalue weighted by Gasteiger charge is 2.28. The summed E-state index contributed by atoms with van der Waals surface area (Å²) < 4.78 is 11.7.